The summed E-state index contributed by atoms with van der Waals surface area (Å²) in [6.07, 6.45) is 1.57. The minimum atomic E-state index is -0.561. The van der Waals surface area contributed by atoms with Gasteiger partial charge in [0, 0.05) is 31.4 Å². The molecule has 4 rings (SSSR count). The summed E-state index contributed by atoms with van der Waals surface area (Å²) in [4.78, 5) is 6.50. The molecule has 6 heteroatoms. The molecule has 2 aromatic rings. The Morgan fingerprint density at radius 1 is 1.19 bits per heavy atom. The first-order chi connectivity index (χ1) is 13.2. The van der Waals surface area contributed by atoms with Crippen molar-refractivity contribution in [2.75, 3.05) is 20.2 Å². The third kappa shape index (κ3) is 4.20. The molecule has 5 atom stereocenters. The van der Waals surface area contributed by atoms with Crippen LogP contribution in [0.1, 0.15) is 11.3 Å². The van der Waals surface area contributed by atoms with Gasteiger partial charge in [-0.3, -0.25) is 9.88 Å². The molecule has 0 radical (unpaired) electrons. The summed E-state index contributed by atoms with van der Waals surface area (Å²) < 4.78 is 11.9. The number of fused-ring (bicyclic) bond motifs is 2. The number of likely N-dealkylation sites (N-methyl/N-ethyl adjacent to an activating group) is 1. The molecule has 0 saturated carbocycles. The minimum absolute atomic E-state index is 0.117. The van der Waals surface area contributed by atoms with Crippen molar-refractivity contribution in [1.29, 1.82) is 0 Å². The van der Waals surface area contributed by atoms with Gasteiger partial charge in [-0.2, -0.15) is 0 Å². The third-order valence-electron chi connectivity index (χ3n) is 5.47. The number of aromatic nitrogens is 1. The molecule has 0 spiro atoms. The number of nitrogens with zero attached hydrogens (tertiary/aromatic N) is 2. The molecule has 2 bridgehead atoms. The van der Waals surface area contributed by atoms with Gasteiger partial charge in [-0.05, 0) is 24.7 Å². The molecule has 0 aliphatic carbocycles. The van der Waals surface area contributed by atoms with Gasteiger partial charge >= 0.3 is 0 Å². The Labute approximate surface area is 160 Å². The van der Waals surface area contributed by atoms with E-state index in [4.69, 9.17) is 9.47 Å². The second kappa shape index (κ2) is 8.46. The van der Waals surface area contributed by atoms with Crippen LogP contribution in [-0.2, 0) is 22.4 Å². The summed E-state index contributed by atoms with van der Waals surface area (Å²) in [5.41, 5.74) is 2.23. The number of ether oxygens (including phenoxy) is 2. The van der Waals surface area contributed by atoms with Gasteiger partial charge in [0.25, 0.3) is 0 Å². The molecule has 0 amide bonds. The third-order valence-corrected chi connectivity index (χ3v) is 5.47. The van der Waals surface area contributed by atoms with E-state index in [1.807, 2.05) is 49.6 Å². The topological polar surface area (TPSA) is 66.9 Å². The number of nitrogens with one attached hydrogen (secondary N) is 1. The van der Waals surface area contributed by atoms with E-state index in [1.165, 1.54) is 5.56 Å². The maximum Gasteiger partial charge on any atom is 0.176 e. The maximum atomic E-state index is 11.1. The van der Waals surface area contributed by atoms with Crippen LogP contribution in [0.15, 0.2) is 54.7 Å². The molecule has 1 aromatic heterocycles. The van der Waals surface area contributed by atoms with E-state index in [2.05, 4.69) is 27.3 Å². The van der Waals surface area contributed by atoms with Crippen molar-refractivity contribution < 1.29 is 14.6 Å². The summed E-state index contributed by atoms with van der Waals surface area (Å²) >= 11 is 0. The molecular weight excluding hydrogens is 342 g/mol. The highest BCUT2D eigenvalue weighted by molar-refractivity contribution is 5.15. The highest BCUT2D eigenvalue weighted by atomic mass is 16.7. The molecule has 6 nitrogen and oxygen atoms in total. The number of hydrogen-bond acceptors (Lipinski definition) is 6. The highest BCUT2D eigenvalue weighted by Crippen LogP contribution is 2.31. The van der Waals surface area contributed by atoms with Crippen molar-refractivity contribution in [3.8, 4) is 0 Å². The zero-order chi connectivity index (χ0) is 18.6. The molecule has 144 valence electrons. The van der Waals surface area contributed by atoms with Gasteiger partial charge in [-0.1, -0.05) is 36.4 Å². The van der Waals surface area contributed by atoms with E-state index in [1.54, 1.807) is 0 Å². The minimum Gasteiger partial charge on any atom is -0.390 e. The van der Waals surface area contributed by atoms with Crippen molar-refractivity contribution in [3.05, 3.63) is 66.0 Å². The number of hydrogen-bond donors (Lipinski definition) is 2. The molecule has 2 fully saturated rings. The lowest BCUT2D eigenvalue weighted by Crippen LogP contribution is -2.63. The van der Waals surface area contributed by atoms with E-state index in [0.29, 0.717) is 13.2 Å². The van der Waals surface area contributed by atoms with Gasteiger partial charge < -0.3 is 19.9 Å². The number of aliphatic hydroxyl groups excluding tert-OH is 1. The summed E-state index contributed by atoms with van der Waals surface area (Å²) in [7, 11) is 2.01. The molecule has 3 heterocycles. The van der Waals surface area contributed by atoms with Crippen LogP contribution < -0.4 is 5.32 Å². The lowest BCUT2D eigenvalue weighted by atomic mass is 9.94. The number of benzene rings is 1. The largest absolute Gasteiger partial charge is 0.390 e. The van der Waals surface area contributed by atoms with Crippen LogP contribution in [0.25, 0.3) is 0 Å². The van der Waals surface area contributed by atoms with Gasteiger partial charge in [0.2, 0.25) is 0 Å². The zero-order valence-electron chi connectivity index (χ0n) is 15.6. The van der Waals surface area contributed by atoms with Gasteiger partial charge in [0.15, 0.2) is 6.29 Å². The smallest absolute Gasteiger partial charge is 0.176 e. The predicted octanol–water partition coefficient (Wildman–Crippen LogP) is 1.20. The number of rotatable bonds is 7. The molecule has 27 heavy (non-hydrogen) atoms. The molecule has 2 aliphatic rings. The standard InChI is InChI=1S/C21H27N3O3/c1-24(12-10-16-9-5-6-11-22-16)19-20(25)18(17-14-26-21(19)27-17)23-13-15-7-3-2-4-8-15/h2-9,11,17-21,23,25H,10,12-14H2,1H3/t17-,18-,19-,20+,21-/m1/s1. The summed E-state index contributed by atoms with van der Waals surface area (Å²) in [6.45, 7) is 1.98. The SMILES string of the molecule is CN(CCc1ccccn1)[C@H]1[C@@H]2OC[C@@H](O2)[C@@H](NCc2ccccc2)[C@@H]1O. The van der Waals surface area contributed by atoms with Crippen molar-refractivity contribution in [3.63, 3.8) is 0 Å². The highest BCUT2D eigenvalue weighted by Gasteiger charge is 2.51. The van der Waals surface area contributed by atoms with E-state index < -0.39 is 6.10 Å². The second-order valence-electron chi connectivity index (χ2n) is 7.30. The van der Waals surface area contributed by atoms with E-state index in [0.717, 1.165) is 18.7 Å². The first-order valence-electron chi connectivity index (χ1n) is 9.55. The fourth-order valence-corrected chi connectivity index (χ4v) is 3.94. The first kappa shape index (κ1) is 18.5. The zero-order valence-corrected chi connectivity index (χ0v) is 15.6. The Morgan fingerprint density at radius 3 is 2.78 bits per heavy atom. The van der Waals surface area contributed by atoms with Crippen LogP contribution in [0.5, 0.6) is 0 Å². The molecule has 2 aliphatic heterocycles. The van der Waals surface area contributed by atoms with Crippen LogP contribution >= 0.6 is 0 Å². The van der Waals surface area contributed by atoms with E-state index >= 15 is 0 Å². The fourth-order valence-electron chi connectivity index (χ4n) is 3.94. The Morgan fingerprint density at radius 2 is 2.00 bits per heavy atom. The lowest BCUT2D eigenvalue weighted by molar-refractivity contribution is -0.178. The second-order valence-corrected chi connectivity index (χ2v) is 7.30. The van der Waals surface area contributed by atoms with Crippen molar-refractivity contribution >= 4 is 0 Å². The van der Waals surface area contributed by atoms with Crippen molar-refractivity contribution in [1.82, 2.24) is 15.2 Å². The van der Waals surface area contributed by atoms with Gasteiger partial charge in [0.1, 0.15) is 6.10 Å². The Bertz CT molecular complexity index is 715. The summed E-state index contributed by atoms with van der Waals surface area (Å²) in [5.74, 6) is 0. The van der Waals surface area contributed by atoms with Crippen molar-refractivity contribution in [2.24, 2.45) is 0 Å². The molecular formula is C21H27N3O3. The monoisotopic (exact) mass is 369 g/mol. The van der Waals surface area contributed by atoms with Gasteiger partial charge in [-0.15, -0.1) is 0 Å². The molecule has 2 saturated heterocycles. The van der Waals surface area contributed by atoms with Crippen molar-refractivity contribution in [2.45, 2.75) is 43.5 Å². The average Bonchev–Trinajstić information content (AvgIpc) is 3.13. The molecule has 1 aromatic carbocycles. The van der Waals surface area contributed by atoms with Crippen LogP contribution in [0.3, 0.4) is 0 Å². The van der Waals surface area contributed by atoms with Crippen LogP contribution in [0, 0.1) is 0 Å². The lowest BCUT2D eigenvalue weighted by Gasteiger charge is -2.42. The van der Waals surface area contributed by atoms with Crippen LogP contribution in [0.4, 0.5) is 0 Å². The summed E-state index contributed by atoms with van der Waals surface area (Å²) in [5, 5.41) is 14.6. The Balaban J connectivity index is 1.39. The molecule has 0 unspecified atom stereocenters. The quantitative estimate of drug-likeness (QED) is 0.765. The number of pyridine rings is 1. The first-order valence-corrected chi connectivity index (χ1v) is 9.55. The summed E-state index contributed by atoms with van der Waals surface area (Å²) in [6, 6.07) is 15.8. The normalized spacial score (nSPS) is 30.0. The van der Waals surface area contributed by atoms with E-state index in [9.17, 15) is 5.11 Å². The van der Waals surface area contributed by atoms with Crippen LogP contribution in [-0.4, -0.2) is 65.8 Å². The fraction of sp³-hybridized carbons (Fsp3) is 0.476. The Kier molecular flexibility index (Phi) is 5.80. The van der Waals surface area contributed by atoms with Crippen LogP contribution in [0.2, 0.25) is 0 Å². The van der Waals surface area contributed by atoms with E-state index in [-0.39, 0.29) is 24.5 Å². The Hall–Kier alpha value is -1.83. The van der Waals surface area contributed by atoms with Gasteiger partial charge in [0.05, 0.1) is 24.8 Å². The average molecular weight is 369 g/mol. The maximum absolute atomic E-state index is 11.1. The van der Waals surface area contributed by atoms with Gasteiger partial charge in [-0.25, -0.2) is 0 Å². The molecule has 2 N–H and O–H groups in total. The number of aliphatic hydroxyl groups is 1. The predicted molar refractivity (Wildman–Crippen MR) is 102 cm³/mol.